The summed E-state index contributed by atoms with van der Waals surface area (Å²) >= 11 is 3.48. The van der Waals surface area contributed by atoms with Crippen molar-refractivity contribution in [2.75, 3.05) is 20.2 Å². The van der Waals surface area contributed by atoms with Gasteiger partial charge in [-0.15, -0.1) is 0 Å². The lowest BCUT2D eigenvalue weighted by Gasteiger charge is -2.42. The van der Waals surface area contributed by atoms with Gasteiger partial charge in [-0.1, -0.05) is 19.9 Å². The average Bonchev–Trinajstić information content (AvgIpc) is 2.47. The smallest absolute Gasteiger partial charge is 0.222 e. The maximum absolute atomic E-state index is 12.4. The number of rotatable bonds is 4. The first-order valence-electron chi connectivity index (χ1n) is 7.69. The van der Waals surface area contributed by atoms with E-state index in [-0.39, 0.29) is 17.4 Å². The molecule has 1 aliphatic rings. The van der Waals surface area contributed by atoms with E-state index in [2.05, 4.69) is 29.8 Å². The summed E-state index contributed by atoms with van der Waals surface area (Å²) in [5, 5.41) is 0. The third kappa shape index (κ3) is 4.02. The van der Waals surface area contributed by atoms with Crippen molar-refractivity contribution < 1.29 is 9.53 Å². The third-order valence-corrected chi connectivity index (χ3v) is 5.13. The molecule has 2 rings (SSSR count). The van der Waals surface area contributed by atoms with Gasteiger partial charge in [-0.3, -0.25) is 4.79 Å². The van der Waals surface area contributed by atoms with Crippen LogP contribution in [0.5, 0.6) is 5.75 Å². The predicted molar refractivity (Wildman–Crippen MR) is 92.0 cm³/mol. The number of benzene rings is 1. The van der Waals surface area contributed by atoms with E-state index in [4.69, 9.17) is 10.5 Å². The molecule has 0 aliphatic carbocycles. The lowest BCUT2D eigenvalue weighted by atomic mass is 9.79. The van der Waals surface area contributed by atoms with Gasteiger partial charge in [0.25, 0.3) is 0 Å². The van der Waals surface area contributed by atoms with Gasteiger partial charge in [0.15, 0.2) is 0 Å². The van der Waals surface area contributed by atoms with Gasteiger partial charge < -0.3 is 15.4 Å². The SMILES string of the molecule is COc1ccc(CCC(=O)N2CCC(N)C(C)(C)C2)cc1Br. The number of halogens is 1. The summed E-state index contributed by atoms with van der Waals surface area (Å²) in [6.07, 6.45) is 2.15. The Morgan fingerprint density at radius 2 is 2.23 bits per heavy atom. The molecule has 1 aromatic rings. The highest BCUT2D eigenvalue weighted by Gasteiger charge is 2.34. The van der Waals surface area contributed by atoms with E-state index in [1.54, 1.807) is 7.11 Å². The first-order valence-corrected chi connectivity index (χ1v) is 8.48. The number of nitrogens with two attached hydrogens (primary N) is 1. The summed E-state index contributed by atoms with van der Waals surface area (Å²) in [4.78, 5) is 14.4. The van der Waals surface area contributed by atoms with Crippen LogP contribution in [0.4, 0.5) is 0 Å². The second-order valence-electron chi connectivity index (χ2n) is 6.67. The summed E-state index contributed by atoms with van der Waals surface area (Å²) in [6.45, 7) is 5.80. The Bertz CT molecular complexity index is 545. The molecule has 0 aromatic heterocycles. The molecule has 1 amide bonds. The molecule has 1 fully saturated rings. The largest absolute Gasteiger partial charge is 0.496 e. The number of amides is 1. The van der Waals surface area contributed by atoms with Crippen molar-refractivity contribution in [1.29, 1.82) is 0 Å². The molecule has 1 aromatic carbocycles. The number of carbonyl (C=O) groups is 1. The van der Waals surface area contributed by atoms with Gasteiger partial charge in [-0.05, 0) is 51.9 Å². The minimum absolute atomic E-state index is 0.00293. The Balaban J connectivity index is 1.91. The van der Waals surface area contributed by atoms with Gasteiger partial charge in [0.2, 0.25) is 5.91 Å². The van der Waals surface area contributed by atoms with Gasteiger partial charge in [0, 0.05) is 25.6 Å². The molecule has 4 nitrogen and oxygen atoms in total. The molecule has 1 unspecified atom stereocenters. The Morgan fingerprint density at radius 3 is 2.82 bits per heavy atom. The fourth-order valence-electron chi connectivity index (χ4n) is 2.86. The number of hydrogen-bond acceptors (Lipinski definition) is 3. The van der Waals surface area contributed by atoms with Crippen LogP contribution >= 0.6 is 15.9 Å². The van der Waals surface area contributed by atoms with Crippen LogP contribution in [0, 0.1) is 5.41 Å². The minimum atomic E-state index is -0.00293. The van der Waals surface area contributed by atoms with Crippen LogP contribution in [0.2, 0.25) is 0 Å². The zero-order chi connectivity index (χ0) is 16.3. The maximum atomic E-state index is 12.4. The number of carbonyl (C=O) groups excluding carboxylic acids is 1. The number of piperidine rings is 1. The molecule has 22 heavy (non-hydrogen) atoms. The van der Waals surface area contributed by atoms with Crippen molar-refractivity contribution >= 4 is 21.8 Å². The zero-order valence-electron chi connectivity index (χ0n) is 13.6. The van der Waals surface area contributed by atoms with Crippen LogP contribution < -0.4 is 10.5 Å². The molecule has 5 heteroatoms. The topological polar surface area (TPSA) is 55.6 Å². The first kappa shape index (κ1) is 17.3. The summed E-state index contributed by atoms with van der Waals surface area (Å²) in [7, 11) is 1.64. The van der Waals surface area contributed by atoms with E-state index in [1.807, 2.05) is 23.1 Å². The fraction of sp³-hybridized carbons (Fsp3) is 0.588. The minimum Gasteiger partial charge on any atom is -0.496 e. The van der Waals surface area contributed by atoms with Crippen LogP contribution in [-0.4, -0.2) is 37.0 Å². The molecule has 1 heterocycles. The van der Waals surface area contributed by atoms with E-state index in [1.165, 1.54) is 0 Å². The molecule has 0 bridgehead atoms. The van der Waals surface area contributed by atoms with Crippen molar-refractivity contribution in [3.05, 3.63) is 28.2 Å². The highest BCUT2D eigenvalue weighted by Crippen LogP contribution is 2.29. The standard InChI is InChI=1S/C17H25BrN2O2/c1-17(2)11-20(9-8-15(17)19)16(21)7-5-12-4-6-14(22-3)13(18)10-12/h4,6,10,15H,5,7-9,11,19H2,1-3H3. The first-order chi connectivity index (χ1) is 10.3. The maximum Gasteiger partial charge on any atom is 0.222 e. The van der Waals surface area contributed by atoms with Crippen molar-refractivity contribution in [1.82, 2.24) is 4.90 Å². The summed E-state index contributed by atoms with van der Waals surface area (Å²) in [5.41, 5.74) is 7.26. The molecule has 0 spiro atoms. The highest BCUT2D eigenvalue weighted by molar-refractivity contribution is 9.10. The molecule has 1 saturated heterocycles. The quantitative estimate of drug-likeness (QED) is 0.888. The summed E-state index contributed by atoms with van der Waals surface area (Å²) < 4.78 is 6.14. The molecule has 0 saturated carbocycles. The molecule has 0 radical (unpaired) electrons. The van der Waals surface area contributed by atoms with Crippen molar-refractivity contribution in [3.8, 4) is 5.75 Å². The monoisotopic (exact) mass is 368 g/mol. The number of nitrogens with zero attached hydrogens (tertiary/aromatic N) is 1. The Kier molecular flexibility index (Phi) is 5.50. The number of hydrogen-bond donors (Lipinski definition) is 1. The number of aryl methyl sites for hydroxylation is 1. The summed E-state index contributed by atoms with van der Waals surface area (Å²) in [6, 6.07) is 6.12. The third-order valence-electron chi connectivity index (χ3n) is 4.51. The van der Waals surface area contributed by atoms with Crippen molar-refractivity contribution in [2.24, 2.45) is 11.1 Å². The highest BCUT2D eigenvalue weighted by atomic mass is 79.9. The van der Waals surface area contributed by atoms with Crippen LogP contribution in [0.25, 0.3) is 0 Å². The molecule has 122 valence electrons. The molecule has 1 atom stereocenters. The van der Waals surface area contributed by atoms with Crippen molar-refractivity contribution in [2.45, 2.75) is 39.2 Å². The second kappa shape index (κ2) is 7.01. The molecular weight excluding hydrogens is 344 g/mol. The van der Waals surface area contributed by atoms with Gasteiger partial charge in [0.05, 0.1) is 11.6 Å². The van der Waals surface area contributed by atoms with E-state index < -0.39 is 0 Å². The van der Waals surface area contributed by atoms with Gasteiger partial charge in [0.1, 0.15) is 5.75 Å². The average molecular weight is 369 g/mol. The van der Waals surface area contributed by atoms with Crippen LogP contribution in [0.15, 0.2) is 22.7 Å². The van der Waals surface area contributed by atoms with Crippen LogP contribution in [-0.2, 0) is 11.2 Å². The van der Waals surface area contributed by atoms with Crippen LogP contribution in [0.3, 0.4) is 0 Å². The van der Waals surface area contributed by atoms with Gasteiger partial charge >= 0.3 is 0 Å². The molecule has 1 aliphatic heterocycles. The predicted octanol–water partition coefficient (Wildman–Crippen LogP) is 2.98. The van der Waals surface area contributed by atoms with E-state index in [0.29, 0.717) is 6.42 Å². The fourth-order valence-corrected chi connectivity index (χ4v) is 3.45. The van der Waals surface area contributed by atoms with Crippen LogP contribution in [0.1, 0.15) is 32.3 Å². The Morgan fingerprint density at radius 1 is 1.50 bits per heavy atom. The van der Waals surface area contributed by atoms with E-state index in [9.17, 15) is 4.79 Å². The normalized spacial score (nSPS) is 20.8. The van der Waals surface area contributed by atoms with Gasteiger partial charge in [-0.2, -0.15) is 0 Å². The van der Waals surface area contributed by atoms with Crippen molar-refractivity contribution in [3.63, 3.8) is 0 Å². The zero-order valence-corrected chi connectivity index (χ0v) is 15.1. The second-order valence-corrected chi connectivity index (χ2v) is 7.52. The van der Waals surface area contributed by atoms with Gasteiger partial charge in [-0.25, -0.2) is 0 Å². The molecule has 2 N–H and O–H groups in total. The number of likely N-dealkylation sites (tertiary alicyclic amines) is 1. The van der Waals surface area contributed by atoms with E-state index in [0.717, 1.165) is 41.7 Å². The Hall–Kier alpha value is -1.07. The summed E-state index contributed by atoms with van der Waals surface area (Å²) in [5.74, 6) is 1.02. The van der Waals surface area contributed by atoms with E-state index >= 15 is 0 Å². The number of ether oxygens (including phenoxy) is 1. The lowest BCUT2D eigenvalue weighted by Crippen LogP contribution is -2.54. The molecular formula is C17H25BrN2O2. The lowest BCUT2D eigenvalue weighted by molar-refractivity contribution is -0.134. The number of methoxy groups -OCH3 is 1. The Labute approximate surface area is 141 Å².